The Kier molecular flexibility index (Phi) is 4.00. The molecule has 1 atom stereocenters. The van der Waals surface area contributed by atoms with Gasteiger partial charge in [0.15, 0.2) is 0 Å². The van der Waals surface area contributed by atoms with Gasteiger partial charge in [-0.05, 0) is 46.7 Å². The van der Waals surface area contributed by atoms with Gasteiger partial charge in [-0.25, -0.2) is 0 Å². The van der Waals surface area contributed by atoms with E-state index in [2.05, 4.69) is 41.2 Å². The van der Waals surface area contributed by atoms with Crippen LogP contribution in [0.1, 0.15) is 38.0 Å². The van der Waals surface area contributed by atoms with Crippen LogP contribution in [0.3, 0.4) is 0 Å². The molecule has 2 rings (SSSR count). The molecule has 90 valence electrons. The van der Waals surface area contributed by atoms with Gasteiger partial charge in [-0.1, -0.05) is 25.4 Å². The van der Waals surface area contributed by atoms with Gasteiger partial charge in [0.1, 0.15) is 4.34 Å². The molecule has 1 N–H and O–H groups in total. The van der Waals surface area contributed by atoms with Gasteiger partial charge in [0.25, 0.3) is 0 Å². The maximum Gasteiger partial charge on any atom is 0.107 e. The van der Waals surface area contributed by atoms with Gasteiger partial charge >= 0.3 is 0 Å². The first-order valence-electron chi connectivity index (χ1n) is 5.63. The lowest BCUT2D eigenvalue weighted by Crippen LogP contribution is -2.26. The molecule has 1 aromatic rings. The third-order valence-electron chi connectivity index (χ3n) is 3.23. The van der Waals surface area contributed by atoms with E-state index in [1.54, 1.807) is 11.3 Å². The highest BCUT2D eigenvalue weighted by Gasteiger charge is 2.30. The molecule has 1 nitrogen and oxygen atoms in total. The molecule has 0 aliphatic heterocycles. The standard InChI is InChI=1S/C12H17BrClNS/c1-12(2)4-3-8(6-12)15-7-9-5-10(13)11(14)16-9/h5,8,15H,3-4,6-7H2,1-2H3. The van der Waals surface area contributed by atoms with Gasteiger partial charge in [-0.3, -0.25) is 0 Å². The van der Waals surface area contributed by atoms with Crippen LogP contribution in [0, 0.1) is 5.41 Å². The van der Waals surface area contributed by atoms with Crippen molar-refractivity contribution in [2.24, 2.45) is 5.41 Å². The summed E-state index contributed by atoms with van der Waals surface area (Å²) < 4.78 is 1.87. The first-order valence-corrected chi connectivity index (χ1v) is 7.62. The molecule has 0 saturated heterocycles. The highest BCUT2D eigenvalue weighted by atomic mass is 79.9. The summed E-state index contributed by atoms with van der Waals surface area (Å²) in [6, 6.07) is 2.79. The Morgan fingerprint density at radius 2 is 2.38 bits per heavy atom. The van der Waals surface area contributed by atoms with Crippen LogP contribution < -0.4 is 5.32 Å². The first-order chi connectivity index (χ1) is 7.46. The quantitative estimate of drug-likeness (QED) is 0.840. The van der Waals surface area contributed by atoms with Gasteiger partial charge in [0, 0.05) is 21.9 Å². The second-order valence-electron chi connectivity index (χ2n) is 5.32. The van der Waals surface area contributed by atoms with Crippen LogP contribution in [0.4, 0.5) is 0 Å². The minimum Gasteiger partial charge on any atom is -0.309 e. The largest absolute Gasteiger partial charge is 0.309 e. The molecular weight excluding hydrogens is 306 g/mol. The zero-order valence-corrected chi connectivity index (χ0v) is 12.8. The molecular formula is C12H17BrClNS. The average molecular weight is 323 g/mol. The summed E-state index contributed by atoms with van der Waals surface area (Å²) in [5.74, 6) is 0. The fourth-order valence-electron chi connectivity index (χ4n) is 2.33. The van der Waals surface area contributed by atoms with Crippen LogP contribution in [0.5, 0.6) is 0 Å². The van der Waals surface area contributed by atoms with Crippen molar-refractivity contribution in [1.29, 1.82) is 0 Å². The van der Waals surface area contributed by atoms with Gasteiger partial charge < -0.3 is 5.32 Å². The van der Waals surface area contributed by atoms with Gasteiger partial charge in [0.2, 0.25) is 0 Å². The van der Waals surface area contributed by atoms with Crippen LogP contribution in [0.2, 0.25) is 4.34 Å². The van der Waals surface area contributed by atoms with Crippen LogP contribution in [-0.4, -0.2) is 6.04 Å². The van der Waals surface area contributed by atoms with E-state index in [0.29, 0.717) is 11.5 Å². The SMILES string of the molecule is CC1(C)CCC(NCc2cc(Br)c(Cl)s2)C1. The van der Waals surface area contributed by atoms with Gasteiger partial charge in [-0.2, -0.15) is 0 Å². The van der Waals surface area contributed by atoms with E-state index >= 15 is 0 Å². The fraction of sp³-hybridized carbons (Fsp3) is 0.667. The van der Waals surface area contributed by atoms with Crippen LogP contribution in [0.15, 0.2) is 10.5 Å². The third kappa shape index (κ3) is 3.22. The van der Waals surface area contributed by atoms with E-state index in [0.717, 1.165) is 15.4 Å². The van der Waals surface area contributed by atoms with Crippen molar-refractivity contribution in [2.45, 2.75) is 45.7 Å². The van der Waals surface area contributed by atoms with Crippen molar-refractivity contribution in [3.8, 4) is 0 Å². The van der Waals surface area contributed by atoms with E-state index in [9.17, 15) is 0 Å². The van der Waals surface area contributed by atoms with Crippen molar-refractivity contribution in [2.75, 3.05) is 0 Å². The van der Waals surface area contributed by atoms with Crippen molar-refractivity contribution in [3.63, 3.8) is 0 Å². The van der Waals surface area contributed by atoms with Crippen LogP contribution >= 0.6 is 38.9 Å². The summed E-state index contributed by atoms with van der Waals surface area (Å²) in [5, 5.41) is 3.62. The molecule has 1 aromatic heterocycles. The lowest BCUT2D eigenvalue weighted by atomic mass is 9.92. The molecule has 1 aliphatic rings. The molecule has 0 radical (unpaired) electrons. The zero-order chi connectivity index (χ0) is 11.8. The highest BCUT2D eigenvalue weighted by Crippen LogP contribution is 2.37. The predicted octanol–water partition coefficient (Wildman–Crippen LogP) is 4.83. The van der Waals surface area contributed by atoms with Crippen LogP contribution in [0.25, 0.3) is 0 Å². The molecule has 0 amide bonds. The molecule has 1 fully saturated rings. The predicted molar refractivity (Wildman–Crippen MR) is 75.3 cm³/mol. The summed E-state index contributed by atoms with van der Waals surface area (Å²) in [6.45, 7) is 5.65. The van der Waals surface area contributed by atoms with E-state index in [1.165, 1.54) is 24.1 Å². The summed E-state index contributed by atoms with van der Waals surface area (Å²) in [6.07, 6.45) is 3.92. The number of nitrogens with one attached hydrogen (secondary N) is 1. The monoisotopic (exact) mass is 321 g/mol. The molecule has 1 aliphatic carbocycles. The minimum atomic E-state index is 0.519. The van der Waals surface area contributed by atoms with Crippen molar-refractivity contribution < 1.29 is 0 Å². The molecule has 1 unspecified atom stereocenters. The minimum absolute atomic E-state index is 0.519. The summed E-state index contributed by atoms with van der Waals surface area (Å²) in [7, 11) is 0. The van der Waals surface area contributed by atoms with E-state index in [-0.39, 0.29) is 0 Å². The third-order valence-corrected chi connectivity index (χ3v) is 5.70. The number of hydrogen-bond donors (Lipinski definition) is 1. The molecule has 16 heavy (non-hydrogen) atoms. The first kappa shape index (κ1) is 12.9. The van der Waals surface area contributed by atoms with E-state index in [4.69, 9.17) is 11.6 Å². The normalized spacial score (nSPS) is 23.9. The second-order valence-corrected chi connectivity index (χ2v) is 7.91. The topological polar surface area (TPSA) is 12.0 Å². The van der Waals surface area contributed by atoms with Crippen molar-refractivity contribution >= 4 is 38.9 Å². The van der Waals surface area contributed by atoms with Crippen molar-refractivity contribution in [1.82, 2.24) is 5.32 Å². The molecule has 4 heteroatoms. The summed E-state index contributed by atoms with van der Waals surface area (Å²) in [4.78, 5) is 1.31. The lowest BCUT2D eigenvalue weighted by molar-refractivity contribution is 0.364. The Labute approximate surface area is 115 Å². The lowest BCUT2D eigenvalue weighted by Gasteiger charge is -2.17. The molecule has 0 spiro atoms. The number of hydrogen-bond acceptors (Lipinski definition) is 2. The Balaban J connectivity index is 1.84. The Hall–Kier alpha value is 0.430. The molecule has 0 bridgehead atoms. The maximum absolute atomic E-state index is 6.01. The molecule has 0 aromatic carbocycles. The van der Waals surface area contributed by atoms with Gasteiger partial charge in [-0.15, -0.1) is 11.3 Å². The molecule has 1 saturated carbocycles. The van der Waals surface area contributed by atoms with E-state index in [1.807, 2.05) is 0 Å². The number of rotatable bonds is 3. The Morgan fingerprint density at radius 3 is 2.88 bits per heavy atom. The second kappa shape index (κ2) is 4.97. The highest BCUT2D eigenvalue weighted by molar-refractivity contribution is 9.10. The van der Waals surface area contributed by atoms with Crippen LogP contribution in [-0.2, 0) is 6.54 Å². The average Bonchev–Trinajstić information content (AvgIpc) is 2.68. The fourth-order valence-corrected chi connectivity index (χ4v) is 4.08. The van der Waals surface area contributed by atoms with E-state index < -0.39 is 0 Å². The summed E-state index contributed by atoms with van der Waals surface area (Å²) >= 11 is 11.1. The number of thiophene rings is 1. The zero-order valence-electron chi connectivity index (χ0n) is 9.65. The molecule has 1 heterocycles. The van der Waals surface area contributed by atoms with Gasteiger partial charge in [0.05, 0.1) is 0 Å². The Bertz CT molecular complexity index is 356. The summed E-state index contributed by atoms with van der Waals surface area (Å²) in [5.41, 5.74) is 0.519. The Morgan fingerprint density at radius 1 is 1.62 bits per heavy atom. The smallest absolute Gasteiger partial charge is 0.107 e. The number of halogens is 2. The van der Waals surface area contributed by atoms with Crippen molar-refractivity contribution in [3.05, 3.63) is 19.8 Å². The maximum atomic E-state index is 6.01.